The molecule has 1 saturated heterocycles. The van der Waals surface area contributed by atoms with Gasteiger partial charge in [0.05, 0.1) is 16.8 Å². The van der Waals surface area contributed by atoms with Crippen molar-refractivity contribution < 1.29 is 9.59 Å². The van der Waals surface area contributed by atoms with Crippen molar-refractivity contribution in [3.8, 4) is 0 Å². The number of aromatic nitrogens is 1. The summed E-state index contributed by atoms with van der Waals surface area (Å²) in [5.41, 5.74) is 0.706. The summed E-state index contributed by atoms with van der Waals surface area (Å²) in [5, 5.41) is 4.80. The number of nitrogens with one attached hydrogen (secondary N) is 1. The SMILES string of the molecule is O=C(CCCCCN1C(=O)/C(=C\c2cccs2)SC1=S)Nc1cccnc1. The normalized spacial score (nSPS) is 15.6. The maximum absolute atomic E-state index is 12.5. The Bertz CT molecular complexity index is 835. The molecule has 1 aliphatic rings. The second-order valence-electron chi connectivity index (χ2n) is 5.95. The third kappa shape index (κ3) is 5.72. The number of hydrogen-bond acceptors (Lipinski definition) is 6. The number of hydrogen-bond donors (Lipinski definition) is 1. The summed E-state index contributed by atoms with van der Waals surface area (Å²) >= 11 is 8.30. The molecule has 1 fully saturated rings. The van der Waals surface area contributed by atoms with E-state index in [9.17, 15) is 9.59 Å². The molecule has 140 valence electrons. The second-order valence-corrected chi connectivity index (χ2v) is 8.60. The van der Waals surface area contributed by atoms with Gasteiger partial charge in [-0.2, -0.15) is 0 Å². The zero-order valence-corrected chi connectivity index (χ0v) is 17.0. The number of thioether (sulfide) groups is 1. The smallest absolute Gasteiger partial charge is 0.266 e. The van der Waals surface area contributed by atoms with E-state index in [2.05, 4.69) is 10.3 Å². The van der Waals surface area contributed by atoms with Gasteiger partial charge in [0.15, 0.2) is 0 Å². The highest BCUT2D eigenvalue weighted by molar-refractivity contribution is 8.26. The fraction of sp³-hybridized carbons (Fsp3) is 0.263. The van der Waals surface area contributed by atoms with E-state index in [-0.39, 0.29) is 11.8 Å². The Hall–Kier alpha value is -2.03. The molecule has 0 saturated carbocycles. The third-order valence-electron chi connectivity index (χ3n) is 3.92. The van der Waals surface area contributed by atoms with Crippen molar-refractivity contribution in [2.24, 2.45) is 0 Å². The van der Waals surface area contributed by atoms with Crippen LogP contribution in [0.1, 0.15) is 30.6 Å². The molecule has 1 aliphatic heterocycles. The van der Waals surface area contributed by atoms with Gasteiger partial charge in [-0.3, -0.25) is 19.5 Å². The van der Waals surface area contributed by atoms with E-state index in [0.717, 1.165) is 24.1 Å². The monoisotopic (exact) mass is 417 g/mol. The van der Waals surface area contributed by atoms with Gasteiger partial charge in [0.25, 0.3) is 5.91 Å². The Morgan fingerprint density at radius 3 is 2.89 bits per heavy atom. The van der Waals surface area contributed by atoms with E-state index in [1.807, 2.05) is 29.7 Å². The molecule has 2 aromatic rings. The van der Waals surface area contributed by atoms with E-state index in [0.29, 0.717) is 27.9 Å². The number of rotatable bonds is 8. The molecule has 2 aromatic heterocycles. The first-order valence-electron chi connectivity index (χ1n) is 8.62. The van der Waals surface area contributed by atoms with Crippen molar-refractivity contribution in [2.45, 2.75) is 25.7 Å². The fourth-order valence-electron chi connectivity index (χ4n) is 2.59. The fourth-order valence-corrected chi connectivity index (χ4v) is 4.62. The van der Waals surface area contributed by atoms with E-state index in [1.54, 1.807) is 34.7 Å². The van der Waals surface area contributed by atoms with Crippen LogP contribution >= 0.6 is 35.3 Å². The highest BCUT2D eigenvalue weighted by atomic mass is 32.2. The van der Waals surface area contributed by atoms with Crippen LogP contribution < -0.4 is 5.32 Å². The maximum atomic E-state index is 12.5. The summed E-state index contributed by atoms with van der Waals surface area (Å²) < 4.78 is 0.608. The molecule has 5 nitrogen and oxygen atoms in total. The van der Waals surface area contributed by atoms with E-state index in [4.69, 9.17) is 12.2 Å². The number of pyridine rings is 1. The minimum absolute atomic E-state index is 0.0206. The summed E-state index contributed by atoms with van der Waals surface area (Å²) in [4.78, 5) is 31.8. The van der Waals surface area contributed by atoms with Crippen LogP contribution in [0.2, 0.25) is 0 Å². The molecule has 2 amide bonds. The molecule has 0 unspecified atom stereocenters. The van der Waals surface area contributed by atoms with Crippen LogP contribution in [0, 0.1) is 0 Å². The minimum atomic E-state index is -0.0208. The van der Waals surface area contributed by atoms with Gasteiger partial charge in [-0.1, -0.05) is 36.5 Å². The average Bonchev–Trinajstić information content (AvgIpc) is 3.26. The van der Waals surface area contributed by atoms with E-state index < -0.39 is 0 Å². The summed E-state index contributed by atoms with van der Waals surface area (Å²) in [7, 11) is 0. The van der Waals surface area contributed by atoms with Crippen LogP contribution in [0.4, 0.5) is 5.69 Å². The molecular formula is C19H19N3O2S3. The zero-order valence-electron chi connectivity index (χ0n) is 14.6. The summed E-state index contributed by atoms with van der Waals surface area (Å²) in [6.45, 7) is 0.594. The lowest BCUT2D eigenvalue weighted by molar-refractivity contribution is -0.122. The molecule has 1 N–H and O–H groups in total. The molecule has 0 atom stereocenters. The highest BCUT2D eigenvalue weighted by Gasteiger charge is 2.31. The molecule has 0 aromatic carbocycles. The van der Waals surface area contributed by atoms with Gasteiger partial charge >= 0.3 is 0 Å². The first kappa shape index (κ1) is 19.7. The van der Waals surface area contributed by atoms with Gasteiger partial charge in [0.2, 0.25) is 5.91 Å². The molecule has 3 rings (SSSR count). The van der Waals surface area contributed by atoms with Crippen LogP contribution in [-0.4, -0.2) is 32.6 Å². The first-order valence-corrected chi connectivity index (χ1v) is 10.7. The van der Waals surface area contributed by atoms with Gasteiger partial charge in [-0.15, -0.1) is 11.3 Å². The van der Waals surface area contributed by atoms with Crippen LogP contribution in [-0.2, 0) is 9.59 Å². The molecule has 0 spiro atoms. The topological polar surface area (TPSA) is 62.3 Å². The number of thiocarbonyl (C=S) groups is 1. The van der Waals surface area contributed by atoms with Crippen LogP contribution in [0.5, 0.6) is 0 Å². The highest BCUT2D eigenvalue weighted by Crippen LogP contribution is 2.33. The third-order valence-corrected chi connectivity index (χ3v) is 6.12. The van der Waals surface area contributed by atoms with Crippen molar-refractivity contribution >= 4 is 63.2 Å². The first-order chi connectivity index (χ1) is 13.1. The number of unbranched alkanes of at least 4 members (excludes halogenated alkanes) is 2. The molecule has 3 heterocycles. The summed E-state index contributed by atoms with van der Waals surface area (Å²) in [6, 6.07) is 7.53. The standard InChI is InChI=1S/C19H19N3O2S3/c23-17(21-14-6-4-9-20-13-14)8-2-1-3-10-22-18(24)16(27-19(22)25)12-15-7-5-11-26-15/h4-7,9,11-13H,1-3,8,10H2,(H,21,23)/b16-12+. The number of anilines is 1. The van der Waals surface area contributed by atoms with Gasteiger partial charge in [-0.05, 0) is 42.5 Å². The summed E-state index contributed by atoms with van der Waals surface area (Å²) in [5.74, 6) is -0.0415. The number of nitrogens with zero attached hydrogens (tertiary/aromatic N) is 2. The predicted octanol–water partition coefficient (Wildman–Crippen LogP) is 4.54. The largest absolute Gasteiger partial charge is 0.325 e. The van der Waals surface area contributed by atoms with Gasteiger partial charge in [0.1, 0.15) is 4.32 Å². The quantitative estimate of drug-likeness (QED) is 0.388. The lowest BCUT2D eigenvalue weighted by atomic mass is 10.2. The van der Waals surface area contributed by atoms with Crippen molar-refractivity contribution in [2.75, 3.05) is 11.9 Å². The van der Waals surface area contributed by atoms with Crippen molar-refractivity contribution in [1.82, 2.24) is 9.88 Å². The van der Waals surface area contributed by atoms with Gasteiger partial charge in [0, 0.05) is 24.0 Å². The second kappa shape index (κ2) is 9.77. The van der Waals surface area contributed by atoms with Crippen molar-refractivity contribution in [3.05, 3.63) is 51.8 Å². The zero-order chi connectivity index (χ0) is 19.1. The minimum Gasteiger partial charge on any atom is -0.325 e. The van der Waals surface area contributed by atoms with Crippen LogP contribution in [0.25, 0.3) is 6.08 Å². The number of carbonyl (C=O) groups excluding carboxylic acids is 2. The molecule has 0 aliphatic carbocycles. The van der Waals surface area contributed by atoms with Gasteiger partial charge in [-0.25, -0.2) is 0 Å². The molecule has 8 heteroatoms. The van der Waals surface area contributed by atoms with Gasteiger partial charge < -0.3 is 5.32 Å². The Kier molecular flexibility index (Phi) is 7.14. The lowest BCUT2D eigenvalue weighted by Gasteiger charge is -2.14. The molecule has 27 heavy (non-hydrogen) atoms. The number of thiophene rings is 1. The molecule has 0 bridgehead atoms. The van der Waals surface area contributed by atoms with E-state index in [1.165, 1.54) is 11.8 Å². The lowest BCUT2D eigenvalue weighted by Crippen LogP contribution is -2.29. The van der Waals surface area contributed by atoms with Crippen LogP contribution in [0.3, 0.4) is 0 Å². The Morgan fingerprint density at radius 1 is 1.26 bits per heavy atom. The Morgan fingerprint density at radius 2 is 2.15 bits per heavy atom. The Balaban J connectivity index is 1.38. The molecular weight excluding hydrogens is 398 g/mol. The van der Waals surface area contributed by atoms with Crippen molar-refractivity contribution in [1.29, 1.82) is 0 Å². The maximum Gasteiger partial charge on any atom is 0.266 e. The number of carbonyl (C=O) groups is 2. The van der Waals surface area contributed by atoms with Crippen molar-refractivity contribution in [3.63, 3.8) is 0 Å². The number of amides is 2. The predicted molar refractivity (Wildman–Crippen MR) is 116 cm³/mol. The van der Waals surface area contributed by atoms with Crippen LogP contribution in [0.15, 0.2) is 46.9 Å². The van der Waals surface area contributed by atoms with E-state index >= 15 is 0 Å². The molecule has 0 radical (unpaired) electrons. The Labute approximate surface area is 171 Å². The average molecular weight is 418 g/mol. The summed E-state index contributed by atoms with van der Waals surface area (Å²) in [6.07, 6.45) is 8.08.